The van der Waals surface area contributed by atoms with Gasteiger partial charge in [0.1, 0.15) is 5.75 Å². The Labute approximate surface area is 158 Å². The van der Waals surface area contributed by atoms with E-state index in [9.17, 15) is 4.79 Å². The summed E-state index contributed by atoms with van der Waals surface area (Å²) in [7, 11) is 5.43. The number of benzene rings is 3. The molecule has 0 saturated carbocycles. The van der Waals surface area contributed by atoms with Crippen molar-refractivity contribution < 1.29 is 9.53 Å². The van der Waals surface area contributed by atoms with E-state index >= 15 is 0 Å². The van der Waals surface area contributed by atoms with Crippen molar-refractivity contribution in [1.29, 1.82) is 0 Å². The first-order chi connectivity index (χ1) is 12.5. The van der Waals surface area contributed by atoms with Crippen molar-refractivity contribution in [1.82, 2.24) is 4.90 Å². The minimum Gasteiger partial charge on any atom is -0.496 e. The molecule has 0 atom stereocenters. The molecule has 4 heteroatoms. The lowest BCUT2D eigenvalue weighted by atomic mass is 9.93. The van der Waals surface area contributed by atoms with Crippen LogP contribution in [0.5, 0.6) is 5.75 Å². The quantitative estimate of drug-likeness (QED) is 0.454. The van der Waals surface area contributed by atoms with Gasteiger partial charge in [-0.15, -0.1) is 0 Å². The Morgan fingerprint density at radius 3 is 2.23 bits per heavy atom. The molecule has 3 aromatic rings. The Morgan fingerprint density at radius 2 is 1.62 bits per heavy atom. The van der Waals surface area contributed by atoms with Crippen molar-refractivity contribution in [3.05, 3.63) is 83.0 Å². The maximum Gasteiger partial charge on any atom is 0.195 e. The molecule has 0 unspecified atom stereocenters. The zero-order valence-corrected chi connectivity index (χ0v) is 15.7. The molecule has 26 heavy (non-hydrogen) atoms. The van der Waals surface area contributed by atoms with Crippen LogP contribution in [0.2, 0.25) is 5.02 Å². The number of carbonyl (C=O) groups is 1. The van der Waals surface area contributed by atoms with E-state index in [2.05, 4.69) is 0 Å². The van der Waals surface area contributed by atoms with Crippen LogP contribution in [0.3, 0.4) is 0 Å². The number of hydrogen-bond acceptors (Lipinski definition) is 3. The van der Waals surface area contributed by atoms with Crippen molar-refractivity contribution in [2.45, 2.75) is 0 Å². The highest BCUT2D eigenvalue weighted by atomic mass is 35.5. The average Bonchev–Trinajstić information content (AvgIpc) is 2.65. The van der Waals surface area contributed by atoms with Gasteiger partial charge < -0.3 is 9.64 Å². The van der Waals surface area contributed by atoms with Crippen molar-refractivity contribution in [3.63, 3.8) is 0 Å². The summed E-state index contributed by atoms with van der Waals surface area (Å²) >= 11 is 6.00. The Hall–Kier alpha value is -2.78. The number of rotatable bonds is 5. The molecule has 3 nitrogen and oxygen atoms in total. The fourth-order valence-electron chi connectivity index (χ4n) is 2.94. The van der Waals surface area contributed by atoms with E-state index in [1.165, 1.54) is 0 Å². The number of nitrogens with zero attached hydrogens (tertiary/aromatic N) is 1. The lowest BCUT2D eigenvalue weighted by Gasteiger charge is -2.14. The molecule has 0 fully saturated rings. The maximum absolute atomic E-state index is 13.4. The second-order valence-corrected chi connectivity index (χ2v) is 6.64. The number of ether oxygens (including phenoxy) is 1. The molecule has 0 bridgehead atoms. The Kier molecular flexibility index (Phi) is 5.29. The molecule has 3 aromatic carbocycles. The molecular formula is C22H20ClNO2. The molecule has 0 aromatic heterocycles. The highest BCUT2D eigenvalue weighted by molar-refractivity contribution is 6.33. The molecule has 0 amide bonds. The fourth-order valence-corrected chi connectivity index (χ4v) is 3.07. The highest BCUT2D eigenvalue weighted by Crippen LogP contribution is 2.31. The molecule has 0 heterocycles. The minimum atomic E-state index is -0.0418. The predicted molar refractivity (Wildman–Crippen MR) is 108 cm³/mol. The van der Waals surface area contributed by atoms with Crippen molar-refractivity contribution in [2.24, 2.45) is 0 Å². The summed E-state index contributed by atoms with van der Waals surface area (Å²) in [5.74, 6) is 0.710. The number of hydrogen-bond donors (Lipinski definition) is 0. The first-order valence-corrected chi connectivity index (χ1v) is 8.63. The smallest absolute Gasteiger partial charge is 0.195 e. The lowest BCUT2D eigenvalue weighted by Crippen LogP contribution is -2.10. The number of fused-ring (bicyclic) bond motifs is 1. The molecule has 132 valence electrons. The number of allylic oxidation sites excluding steroid dienone is 1. The van der Waals surface area contributed by atoms with Crippen LogP contribution in [0, 0.1) is 0 Å². The third-order valence-electron chi connectivity index (χ3n) is 4.14. The van der Waals surface area contributed by atoms with E-state index in [1.807, 2.05) is 73.7 Å². The number of carbonyl (C=O) groups excluding carboxylic acids is 1. The Bertz CT molecular complexity index is 975. The fraction of sp³-hybridized carbons (Fsp3) is 0.136. The third kappa shape index (κ3) is 3.58. The van der Waals surface area contributed by atoms with Crippen molar-refractivity contribution in [3.8, 4) is 5.75 Å². The van der Waals surface area contributed by atoms with E-state index < -0.39 is 0 Å². The summed E-state index contributed by atoms with van der Waals surface area (Å²) in [6, 6.07) is 18.7. The van der Waals surface area contributed by atoms with Gasteiger partial charge >= 0.3 is 0 Å². The van der Waals surface area contributed by atoms with E-state index in [0.29, 0.717) is 16.2 Å². The first kappa shape index (κ1) is 18.0. The molecule has 0 aliphatic heterocycles. The number of ketones is 1. The van der Waals surface area contributed by atoms with Gasteiger partial charge in [0.05, 0.1) is 7.11 Å². The third-order valence-corrected chi connectivity index (χ3v) is 4.39. The topological polar surface area (TPSA) is 29.5 Å². The summed E-state index contributed by atoms with van der Waals surface area (Å²) in [4.78, 5) is 15.3. The van der Waals surface area contributed by atoms with E-state index in [0.717, 1.165) is 22.1 Å². The van der Waals surface area contributed by atoms with Crippen LogP contribution in [0.1, 0.15) is 15.9 Å². The van der Waals surface area contributed by atoms with Crippen molar-refractivity contribution >= 4 is 33.7 Å². The molecule has 0 spiro atoms. The zero-order chi connectivity index (χ0) is 18.7. The Balaban J connectivity index is 2.17. The standard InChI is InChI=1S/C22H20ClNO2/c1-24(2)14-20(15-8-10-16(23)11-9-15)22(25)19-12-13-21(26-3)18-7-5-4-6-17(18)19/h4-14H,1-3H3/b20-14+. The molecule has 0 N–H and O–H groups in total. The zero-order valence-electron chi connectivity index (χ0n) is 15.0. The summed E-state index contributed by atoms with van der Waals surface area (Å²) < 4.78 is 5.44. The van der Waals surface area contributed by atoms with Crippen LogP contribution in [0.25, 0.3) is 16.3 Å². The molecular weight excluding hydrogens is 346 g/mol. The second kappa shape index (κ2) is 7.63. The minimum absolute atomic E-state index is 0.0418. The van der Waals surface area contributed by atoms with Crippen LogP contribution in [0.15, 0.2) is 66.9 Å². The molecule has 0 aliphatic carbocycles. The van der Waals surface area contributed by atoms with Crippen molar-refractivity contribution in [2.75, 3.05) is 21.2 Å². The average molecular weight is 366 g/mol. The Morgan fingerprint density at radius 1 is 0.962 bits per heavy atom. The second-order valence-electron chi connectivity index (χ2n) is 6.20. The largest absolute Gasteiger partial charge is 0.496 e. The van der Waals surface area contributed by atoms with Gasteiger partial charge in [-0.1, -0.05) is 48.0 Å². The number of halogens is 1. The van der Waals surface area contributed by atoms with E-state index in [4.69, 9.17) is 16.3 Å². The molecule has 3 rings (SSSR count). The van der Waals surface area contributed by atoms with Crippen LogP contribution < -0.4 is 4.74 Å². The van der Waals surface area contributed by atoms with Crippen LogP contribution in [-0.2, 0) is 0 Å². The monoisotopic (exact) mass is 365 g/mol. The number of Topliss-reactive ketones (excluding diaryl/α,β-unsaturated/α-hetero) is 1. The molecule has 0 aliphatic rings. The van der Waals surface area contributed by atoms with Gasteiger partial charge in [-0.3, -0.25) is 4.79 Å². The number of methoxy groups -OCH3 is 1. The van der Waals surface area contributed by atoms with Crippen LogP contribution >= 0.6 is 11.6 Å². The van der Waals surface area contributed by atoms with Gasteiger partial charge in [-0.25, -0.2) is 0 Å². The lowest BCUT2D eigenvalue weighted by molar-refractivity contribution is 0.105. The first-order valence-electron chi connectivity index (χ1n) is 8.26. The summed E-state index contributed by atoms with van der Waals surface area (Å²) in [5.41, 5.74) is 2.08. The SMILES string of the molecule is COc1ccc(C(=O)/C(=C/N(C)C)c2ccc(Cl)cc2)c2ccccc12. The highest BCUT2D eigenvalue weighted by Gasteiger charge is 2.18. The van der Waals surface area contributed by atoms with E-state index in [1.54, 1.807) is 19.2 Å². The van der Waals surface area contributed by atoms with Crippen LogP contribution in [-0.4, -0.2) is 31.9 Å². The molecule has 0 radical (unpaired) electrons. The maximum atomic E-state index is 13.4. The summed E-state index contributed by atoms with van der Waals surface area (Å²) in [6.07, 6.45) is 1.84. The van der Waals surface area contributed by atoms with Gasteiger partial charge in [0.25, 0.3) is 0 Å². The van der Waals surface area contributed by atoms with Gasteiger partial charge in [0.15, 0.2) is 5.78 Å². The van der Waals surface area contributed by atoms with Gasteiger partial charge in [0, 0.05) is 41.8 Å². The van der Waals surface area contributed by atoms with E-state index in [-0.39, 0.29) is 5.78 Å². The predicted octanol–water partition coefficient (Wildman–Crippen LogP) is 5.29. The van der Waals surface area contributed by atoms with Gasteiger partial charge in [-0.2, -0.15) is 0 Å². The van der Waals surface area contributed by atoms with Crippen LogP contribution in [0.4, 0.5) is 0 Å². The normalized spacial score (nSPS) is 11.5. The van der Waals surface area contributed by atoms with Gasteiger partial charge in [0.2, 0.25) is 0 Å². The molecule has 0 saturated heterocycles. The van der Waals surface area contributed by atoms with Gasteiger partial charge in [-0.05, 0) is 35.2 Å². The summed E-state index contributed by atoms with van der Waals surface area (Å²) in [5, 5.41) is 2.43. The summed E-state index contributed by atoms with van der Waals surface area (Å²) in [6.45, 7) is 0.